The Balaban J connectivity index is 1.31. The fourth-order valence-corrected chi connectivity index (χ4v) is 7.81. The van der Waals surface area contributed by atoms with Gasteiger partial charge in [0.05, 0.1) is 18.4 Å². The Morgan fingerprint density at radius 1 is 1.11 bits per heavy atom. The molecule has 4 N–H and O–H groups in total. The summed E-state index contributed by atoms with van der Waals surface area (Å²) >= 11 is 0.922. The quantitative estimate of drug-likeness (QED) is 0.278. The van der Waals surface area contributed by atoms with Crippen molar-refractivity contribution < 1.29 is 43.1 Å². The number of anilines is 1. The second-order valence-electron chi connectivity index (χ2n) is 11.8. The van der Waals surface area contributed by atoms with Gasteiger partial charge in [-0.3, -0.25) is 4.79 Å². The fourth-order valence-electron chi connectivity index (χ4n) is 6.28. The predicted molar refractivity (Wildman–Crippen MR) is 158 cm³/mol. The summed E-state index contributed by atoms with van der Waals surface area (Å²) in [7, 11) is 1.92. The SMILES string of the molecule is CN1CCC(O)([C@H](S[C@@H]2O[C@H](CO)[C@H](O)[C@H](n3cc(-c4cc(F)c(F)c(F)c4)nn3)[C@H]2O)C(=O)N2CCc3ccccc32)CC1. The average Bonchev–Trinajstić information content (AvgIpc) is 3.69. The largest absolute Gasteiger partial charge is 0.394 e. The van der Waals surface area contributed by atoms with E-state index >= 15 is 0 Å². The molecule has 15 heteroatoms. The van der Waals surface area contributed by atoms with Gasteiger partial charge < -0.3 is 35.0 Å². The highest BCUT2D eigenvalue weighted by Crippen LogP contribution is 2.43. The van der Waals surface area contributed by atoms with Crippen LogP contribution in [0.15, 0.2) is 42.6 Å². The first-order chi connectivity index (χ1) is 21.5. The van der Waals surface area contributed by atoms with Crippen LogP contribution in [-0.2, 0) is 16.0 Å². The fraction of sp³-hybridized carbons (Fsp3) is 0.500. The first kappa shape index (κ1) is 31.9. The lowest BCUT2D eigenvalue weighted by molar-refractivity contribution is -0.179. The molecule has 1 aromatic heterocycles. The third-order valence-electron chi connectivity index (χ3n) is 8.93. The van der Waals surface area contributed by atoms with Crippen molar-refractivity contribution >= 4 is 23.4 Å². The van der Waals surface area contributed by atoms with Crippen LogP contribution >= 0.6 is 11.8 Å². The summed E-state index contributed by atoms with van der Waals surface area (Å²) in [5.41, 5.74) is -1.11. The number of nitrogens with zero attached hydrogens (tertiary/aromatic N) is 5. The Kier molecular flexibility index (Phi) is 8.95. The molecule has 0 unspecified atom stereocenters. The minimum Gasteiger partial charge on any atom is -0.394 e. The number of ether oxygens (including phenoxy) is 1. The van der Waals surface area contributed by atoms with Crippen LogP contribution in [0.2, 0.25) is 0 Å². The summed E-state index contributed by atoms with van der Waals surface area (Å²) in [6.45, 7) is 0.855. The van der Waals surface area contributed by atoms with Gasteiger partial charge in [-0.2, -0.15) is 0 Å². The number of likely N-dealkylation sites (tertiary alicyclic amines) is 1. The van der Waals surface area contributed by atoms with Crippen LogP contribution in [0.25, 0.3) is 11.3 Å². The molecule has 6 rings (SSSR count). The number of piperidine rings is 1. The molecule has 0 radical (unpaired) electrons. The zero-order valence-corrected chi connectivity index (χ0v) is 25.2. The van der Waals surface area contributed by atoms with Gasteiger partial charge >= 0.3 is 0 Å². The number of carbonyl (C=O) groups excluding carboxylic acids is 1. The molecule has 0 saturated carbocycles. The Bertz CT molecular complexity index is 1530. The van der Waals surface area contributed by atoms with Gasteiger partial charge in [0, 0.05) is 30.9 Å². The maximum Gasteiger partial charge on any atom is 0.243 e. The average molecular weight is 650 g/mol. The van der Waals surface area contributed by atoms with E-state index in [4.69, 9.17) is 4.74 Å². The highest BCUT2D eigenvalue weighted by atomic mass is 32.2. The summed E-state index contributed by atoms with van der Waals surface area (Å²) in [5, 5.41) is 51.5. The van der Waals surface area contributed by atoms with Crippen molar-refractivity contribution in [2.75, 3.05) is 38.2 Å². The van der Waals surface area contributed by atoms with Gasteiger partial charge in [-0.05, 0) is 50.1 Å². The Labute approximate surface area is 261 Å². The van der Waals surface area contributed by atoms with Gasteiger partial charge in [0.2, 0.25) is 5.91 Å². The lowest BCUT2D eigenvalue weighted by Crippen LogP contribution is -2.59. The van der Waals surface area contributed by atoms with Crippen molar-refractivity contribution in [3.63, 3.8) is 0 Å². The molecule has 1 amide bonds. The molecule has 3 aliphatic heterocycles. The molecular weight excluding hydrogens is 615 g/mol. The van der Waals surface area contributed by atoms with E-state index in [0.717, 1.165) is 39.8 Å². The molecule has 6 atom stereocenters. The first-order valence-electron chi connectivity index (χ1n) is 14.7. The monoisotopic (exact) mass is 649 g/mol. The van der Waals surface area contributed by atoms with Crippen molar-refractivity contribution in [2.45, 2.75) is 59.9 Å². The van der Waals surface area contributed by atoms with E-state index in [9.17, 15) is 38.4 Å². The van der Waals surface area contributed by atoms with Crippen LogP contribution < -0.4 is 4.90 Å². The molecule has 3 aromatic rings. The smallest absolute Gasteiger partial charge is 0.243 e. The maximum absolute atomic E-state index is 14.3. The number of aliphatic hydroxyl groups excluding tert-OH is 3. The van der Waals surface area contributed by atoms with E-state index in [1.807, 2.05) is 36.2 Å². The van der Waals surface area contributed by atoms with Crippen molar-refractivity contribution in [3.05, 3.63) is 65.6 Å². The second-order valence-corrected chi connectivity index (χ2v) is 13.0. The van der Waals surface area contributed by atoms with Crippen molar-refractivity contribution in [1.82, 2.24) is 19.9 Å². The Morgan fingerprint density at radius 2 is 1.80 bits per heavy atom. The second kappa shape index (κ2) is 12.6. The van der Waals surface area contributed by atoms with Gasteiger partial charge in [-0.25, -0.2) is 17.9 Å². The molecule has 45 heavy (non-hydrogen) atoms. The van der Waals surface area contributed by atoms with Crippen LogP contribution in [0.3, 0.4) is 0 Å². The number of hydrogen-bond donors (Lipinski definition) is 4. The van der Waals surface area contributed by atoms with E-state index in [1.54, 1.807) is 4.90 Å². The zero-order chi connectivity index (χ0) is 32.0. The number of aliphatic hydroxyl groups is 4. The number of halogens is 3. The molecule has 2 fully saturated rings. The van der Waals surface area contributed by atoms with Crippen LogP contribution in [0.1, 0.15) is 24.4 Å². The summed E-state index contributed by atoms with van der Waals surface area (Å²) in [6, 6.07) is 7.74. The number of aromatic nitrogens is 3. The number of para-hydroxylation sites is 1. The predicted octanol–water partition coefficient (Wildman–Crippen LogP) is 1.49. The summed E-state index contributed by atoms with van der Waals surface area (Å²) in [6.07, 6.45) is -1.82. The van der Waals surface area contributed by atoms with Crippen molar-refractivity contribution in [2.24, 2.45) is 0 Å². The molecule has 2 saturated heterocycles. The van der Waals surface area contributed by atoms with Gasteiger partial charge in [-0.1, -0.05) is 23.4 Å². The van der Waals surface area contributed by atoms with Crippen LogP contribution in [0, 0.1) is 17.5 Å². The Hall–Kier alpha value is -3.05. The highest BCUT2D eigenvalue weighted by molar-refractivity contribution is 8.01. The molecule has 0 spiro atoms. The summed E-state index contributed by atoms with van der Waals surface area (Å²) in [4.78, 5) is 17.9. The van der Waals surface area contributed by atoms with E-state index in [2.05, 4.69) is 10.3 Å². The van der Waals surface area contributed by atoms with E-state index < -0.39 is 64.7 Å². The minimum absolute atomic E-state index is 0.0650. The van der Waals surface area contributed by atoms with Gasteiger partial charge in [0.25, 0.3) is 0 Å². The van der Waals surface area contributed by atoms with E-state index in [0.29, 0.717) is 26.1 Å². The minimum atomic E-state index is -1.64. The normalized spacial score (nSPS) is 27.4. The number of hydrogen-bond acceptors (Lipinski definition) is 10. The molecule has 242 valence electrons. The van der Waals surface area contributed by atoms with Crippen LogP contribution in [-0.4, -0.2) is 114 Å². The third-order valence-corrected chi connectivity index (χ3v) is 10.5. The number of carbonyl (C=O) groups is 1. The lowest BCUT2D eigenvalue weighted by Gasteiger charge is -2.46. The third kappa shape index (κ3) is 5.98. The first-order valence-corrected chi connectivity index (χ1v) is 15.6. The molecular formula is C30H34F3N5O6S. The maximum atomic E-state index is 14.3. The van der Waals surface area contributed by atoms with Crippen molar-refractivity contribution in [1.29, 1.82) is 0 Å². The summed E-state index contributed by atoms with van der Waals surface area (Å²) < 4.78 is 48.3. The van der Waals surface area contributed by atoms with Crippen LogP contribution in [0.4, 0.5) is 18.9 Å². The number of fused-ring (bicyclic) bond motifs is 1. The summed E-state index contributed by atoms with van der Waals surface area (Å²) in [5.74, 6) is -4.84. The molecule has 11 nitrogen and oxygen atoms in total. The van der Waals surface area contributed by atoms with Crippen LogP contribution in [0.5, 0.6) is 0 Å². The standard InChI is InChI=1S/C30H34F3N5O6S/c1-36-10-7-30(43,8-11-36)27(28(42)37-9-6-16-4-2-3-5-21(16)37)45-29-26(41)24(25(40)22(15-39)44-29)38-14-20(34-35-38)17-12-18(31)23(33)19(32)13-17/h2-5,12-14,22,24-27,29,39-41,43H,6-11,15H2,1H3/t22-,24+,25+,26-,27-,29+/m1/s1. The van der Waals surface area contributed by atoms with E-state index in [-0.39, 0.29) is 30.0 Å². The Morgan fingerprint density at radius 3 is 2.49 bits per heavy atom. The molecule has 0 bridgehead atoms. The lowest BCUT2D eigenvalue weighted by atomic mass is 9.87. The zero-order valence-electron chi connectivity index (χ0n) is 24.3. The van der Waals surface area contributed by atoms with Gasteiger partial charge in [0.1, 0.15) is 40.7 Å². The number of amides is 1. The van der Waals surface area contributed by atoms with Gasteiger partial charge in [0.15, 0.2) is 17.5 Å². The van der Waals surface area contributed by atoms with Gasteiger partial charge in [-0.15, -0.1) is 16.9 Å². The van der Waals surface area contributed by atoms with Crippen molar-refractivity contribution in [3.8, 4) is 11.3 Å². The number of benzene rings is 2. The molecule has 2 aromatic carbocycles. The molecule has 0 aliphatic carbocycles. The molecule has 4 heterocycles. The van der Waals surface area contributed by atoms with E-state index in [1.165, 1.54) is 6.20 Å². The molecule has 3 aliphatic rings. The topological polar surface area (TPSA) is 144 Å². The highest BCUT2D eigenvalue weighted by Gasteiger charge is 2.52. The number of rotatable bonds is 7. The number of thioether (sulfide) groups is 1.